The lowest BCUT2D eigenvalue weighted by atomic mass is 9.98. The highest BCUT2D eigenvalue weighted by Crippen LogP contribution is 2.31. The topological polar surface area (TPSA) is 40.5 Å². The van der Waals surface area contributed by atoms with E-state index in [-0.39, 0.29) is 11.5 Å². The van der Waals surface area contributed by atoms with E-state index in [4.69, 9.17) is 0 Å². The van der Waals surface area contributed by atoms with E-state index >= 15 is 0 Å². The molecule has 0 saturated carbocycles. The van der Waals surface area contributed by atoms with Gasteiger partial charge < -0.3 is 10.2 Å². The Hall–Kier alpha value is -1.70. The van der Waals surface area contributed by atoms with Crippen LogP contribution in [0, 0.1) is 0 Å². The van der Waals surface area contributed by atoms with Crippen molar-refractivity contribution in [3.8, 4) is 11.5 Å². The van der Waals surface area contributed by atoms with Gasteiger partial charge >= 0.3 is 0 Å². The number of unbranched alkanes of at least 4 members (excludes halogenated alkanes) is 3. The summed E-state index contributed by atoms with van der Waals surface area (Å²) in [5, 5.41) is 21.1. The zero-order chi connectivity index (χ0) is 13.0. The zero-order valence-electron chi connectivity index (χ0n) is 10.8. The van der Waals surface area contributed by atoms with Crippen LogP contribution in [0.2, 0.25) is 0 Å². The lowest BCUT2D eigenvalue weighted by Gasteiger charge is -2.08. The van der Waals surface area contributed by atoms with Crippen molar-refractivity contribution in [3.05, 3.63) is 35.9 Å². The molecule has 2 nitrogen and oxygen atoms in total. The SMILES string of the molecule is CCCCCCc1ccc(O)c2cc(O)ccc12. The Morgan fingerprint density at radius 1 is 0.889 bits per heavy atom. The van der Waals surface area contributed by atoms with Crippen molar-refractivity contribution >= 4 is 10.8 Å². The Morgan fingerprint density at radius 2 is 1.72 bits per heavy atom. The van der Waals surface area contributed by atoms with Crippen molar-refractivity contribution in [1.29, 1.82) is 0 Å². The second kappa shape index (κ2) is 5.76. The predicted octanol–water partition coefficient (Wildman–Crippen LogP) is 4.37. The summed E-state index contributed by atoms with van der Waals surface area (Å²) in [6, 6.07) is 8.90. The van der Waals surface area contributed by atoms with Crippen LogP contribution in [-0.4, -0.2) is 10.2 Å². The second-order valence-electron chi connectivity index (χ2n) is 4.78. The first-order valence-electron chi connectivity index (χ1n) is 6.66. The minimum atomic E-state index is 0.195. The Balaban J connectivity index is 2.25. The van der Waals surface area contributed by atoms with Crippen LogP contribution in [-0.2, 0) is 6.42 Å². The van der Waals surface area contributed by atoms with Gasteiger partial charge in [-0.05, 0) is 42.0 Å². The van der Waals surface area contributed by atoms with Gasteiger partial charge in [-0.2, -0.15) is 0 Å². The number of benzene rings is 2. The van der Waals surface area contributed by atoms with Gasteiger partial charge in [0.05, 0.1) is 0 Å². The maximum absolute atomic E-state index is 9.82. The van der Waals surface area contributed by atoms with Crippen molar-refractivity contribution in [3.63, 3.8) is 0 Å². The number of aromatic hydroxyl groups is 2. The van der Waals surface area contributed by atoms with E-state index in [1.54, 1.807) is 18.2 Å². The normalized spacial score (nSPS) is 10.9. The molecule has 2 rings (SSSR count). The first-order valence-corrected chi connectivity index (χ1v) is 6.66. The maximum atomic E-state index is 9.82. The fourth-order valence-corrected chi connectivity index (χ4v) is 2.34. The Morgan fingerprint density at radius 3 is 2.50 bits per heavy atom. The summed E-state index contributed by atoms with van der Waals surface area (Å²) >= 11 is 0. The van der Waals surface area contributed by atoms with E-state index < -0.39 is 0 Å². The summed E-state index contributed by atoms with van der Waals surface area (Å²) < 4.78 is 0. The number of phenolic OH excluding ortho intramolecular Hbond substituents is 2. The first-order chi connectivity index (χ1) is 8.72. The maximum Gasteiger partial charge on any atom is 0.123 e. The lowest BCUT2D eigenvalue weighted by Crippen LogP contribution is -1.88. The monoisotopic (exact) mass is 244 g/mol. The quantitative estimate of drug-likeness (QED) is 0.766. The van der Waals surface area contributed by atoms with Gasteiger partial charge in [-0.3, -0.25) is 0 Å². The Bertz CT molecular complexity index is 532. The van der Waals surface area contributed by atoms with Gasteiger partial charge in [0.25, 0.3) is 0 Å². The van der Waals surface area contributed by atoms with Gasteiger partial charge in [-0.1, -0.05) is 38.3 Å². The van der Waals surface area contributed by atoms with Crippen molar-refractivity contribution in [2.75, 3.05) is 0 Å². The molecule has 2 aromatic rings. The van der Waals surface area contributed by atoms with Crippen molar-refractivity contribution in [2.24, 2.45) is 0 Å². The molecular weight excluding hydrogens is 224 g/mol. The van der Waals surface area contributed by atoms with Crippen LogP contribution in [0.4, 0.5) is 0 Å². The average molecular weight is 244 g/mol. The molecule has 0 spiro atoms. The summed E-state index contributed by atoms with van der Waals surface area (Å²) in [5.74, 6) is 0.430. The number of rotatable bonds is 5. The number of phenols is 2. The molecule has 0 aromatic heterocycles. The van der Waals surface area contributed by atoms with Crippen LogP contribution in [0.1, 0.15) is 38.2 Å². The van der Waals surface area contributed by atoms with Gasteiger partial charge in [-0.15, -0.1) is 0 Å². The van der Waals surface area contributed by atoms with Gasteiger partial charge in [0.1, 0.15) is 11.5 Å². The Kier molecular flexibility index (Phi) is 4.08. The van der Waals surface area contributed by atoms with Crippen molar-refractivity contribution < 1.29 is 10.2 Å². The molecule has 2 N–H and O–H groups in total. The molecule has 0 fully saturated rings. The standard InChI is InChI=1S/C16H20O2/c1-2-3-4-5-6-12-7-10-16(18)15-11-13(17)8-9-14(12)15/h7-11,17-18H,2-6H2,1H3. The molecule has 2 heteroatoms. The minimum absolute atomic E-state index is 0.195. The molecule has 2 aromatic carbocycles. The zero-order valence-corrected chi connectivity index (χ0v) is 10.8. The van der Waals surface area contributed by atoms with E-state index in [0.29, 0.717) is 0 Å². The number of hydrogen-bond acceptors (Lipinski definition) is 2. The van der Waals surface area contributed by atoms with E-state index in [0.717, 1.165) is 17.2 Å². The lowest BCUT2D eigenvalue weighted by molar-refractivity contribution is 0.471. The molecule has 96 valence electrons. The third-order valence-corrected chi connectivity index (χ3v) is 3.37. The highest BCUT2D eigenvalue weighted by Gasteiger charge is 2.06. The summed E-state index contributed by atoms with van der Waals surface area (Å²) in [6.45, 7) is 2.21. The van der Waals surface area contributed by atoms with Crippen molar-refractivity contribution in [1.82, 2.24) is 0 Å². The van der Waals surface area contributed by atoms with Crippen LogP contribution in [0.15, 0.2) is 30.3 Å². The third kappa shape index (κ3) is 2.76. The van der Waals surface area contributed by atoms with Crippen LogP contribution in [0.25, 0.3) is 10.8 Å². The van der Waals surface area contributed by atoms with Crippen LogP contribution in [0.5, 0.6) is 11.5 Å². The molecular formula is C16H20O2. The van der Waals surface area contributed by atoms with E-state index in [9.17, 15) is 10.2 Å². The molecule has 0 aliphatic heterocycles. The predicted molar refractivity (Wildman–Crippen MR) is 75.1 cm³/mol. The molecule has 0 atom stereocenters. The molecule has 0 radical (unpaired) electrons. The highest BCUT2D eigenvalue weighted by molar-refractivity contribution is 5.91. The van der Waals surface area contributed by atoms with Gasteiger partial charge in [-0.25, -0.2) is 0 Å². The average Bonchev–Trinajstić information content (AvgIpc) is 2.37. The number of fused-ring (bicyclic) bond motifs is 1. The molecule has 0 heterocycles. The summed E-state index contributed by atoms with van der Waals surface area (Å²) in [7, 11) is 0. The Labute approximate surface area is 108 Å². The van der Waals surface area contributed by atoms with E-state index in [1.165, 1.54) is 31.2 Å². The highest BCUT2D eigenvalue weighted by atomic mass is 16.3. The van der Waals surface area contributed by atoms with Gasteiger partial charge in [0.15, 0.2) is 0 Å². The molecule has 0 amide bonds. The minimum Gasteiger partial charge on any atom is -0.508 e. The van der Waals surface area contributed by atoms with Crippen LogP contribution in [0.3, 0.4) is 0 Å². The summed E-state index contributed by atoms with van der Waals surface area (Å²) in [4.78, 5) is 0. The molecule has 0 unspecified atom stereocenters. The first kappa shape index (κ1) is 12.7. The van der Waals surface area contributed by atoms with E-state index in [2.05, 4.69) is 6.92 Å². The van der Waals surface area contributed by atoms with Crippen LogP contribution < -0.4 is 0 Å². The smallest absolute Gasteiger partial charge is 0.123 e. The largest absolute Gasteiger partial charge is 0.508 e. The second-order valence-corrected chi connectivity index (χ2v) is 4.78. The molecule has 0 bridgehead atoms. The third-order valence-electron chi connectivity index (χ3n) is 3.37. The number of hydrogen-bond donors (Lipinski definition) is 2. The van der Waals surface area contributed by atoms with Gasteiger partial charge in [0, 0.05) is 5.39 Å². The van der Waals surface area contributed by atoms with Gasteiger partial charge in [0.2, 0.25) is 0 Å². The van der Waals surface area contributed by atoms with Crippen LogP contribution >= 0.6 is 0 Å². The molecule has 0 aliphatic carbocycles. The molecule has 0 saturated heterocycles. The fraction of sp³-hybridized carbons (Fsp3) is 0.375. The van der Waals surface area contributed by atoms with E-state index in [1.807, 2.05) is 12.1 Å². The summed E-state index contributed by atoms with van der Waals surface area (Å²) in [6.07, 6.45) is 5.97. The van der Waals surface area contributed by atoms with Crippen molar-refractivity contribution in [2.45, 2.75) is 39.0 Å². The fourth-order valence-electron chi connectivity index (χ4n) is 2.34. The number of aryl methyl sites for hydroxylation is 1. The summed E-state index contributed by atoms with van der Waals surface area (Å²) in [5.41, 5.74) is 1.25. The molecule has 18 heavy (non-hydrogen) atoms. The molecule has 0 aliphatic rings.